The van der Waals surface area contributed by atoms with Gasteiger partial charge in [0.1, 0.15) is 0 Å². The highest BCUT2D eigenvalue weighted by Gasteiger charge is 2.37. The maximum atomic E-state index is 5.86. The molecule has 0 aliphatic carbocycles. The number of rotatable bonds is 2. The molecule has 92 valence electrons. The zero-order chi connectivity index (χ0) is 10.8. The van der Waals surface area contributed by atoms with E-state index in [0.717, 1.165) is 32.9 Å². The van der Waals surface area contributed by atoms with Gasteiger partial charge in [-0.25, -0.2) is 10.0 Å². The largest absolute Gasteiger partial charge is 0.379 e. The van der Waals surface area contributed by atoms with Gasteiger partial charge in [-0.3, -0.25) is 0 Å². The molecular formula is C12H22N2O2. The zero-order valence-electron chi connectivity index (χ0n) is 9.94. The summed E-state index contributed by atoms with van der Waals surface area (Å²) in [5.41, 5.74) is 0. The van der Waals surface area contributed by atoms with Gasteiger partial charge in [0.05, 0.1) is 25.4 Å². The van der Waals surface area contributed by atoms with Crippen LogP contribution in [0.2, 0.25) is 0 Å². The highest BCUT2D eigenvalue weighted by atomic mass is 16.5. The van der Waals surface area contributed by atoms with Gasteiger partial charge in [-0.15, -0.1) is 0 Å². The topological polar surface area (TPSA) is 24.9 Å². The highest BCUT2D eigenvalue weighted by molar-refractivity contribution is 4.87. The molecule has 2 unspecified atom stereocenters. The summed E-state index contributed by atoms with van der Waals surface area (Å²) < 4.78 is 11.3. The molecule has 0 saturated carbocycles. The Labute approximate surface area is 97.5 Å². The van der Waals surface area contributed by atoms with Crippen molar-refractivity contribution in [3.8, 4) is 0 Å². The Balaban J connectivity index is 1.63. The Morgan fingerprint density at radius 3 is 2.50 bits per heavy atom. The van der Waals surface area contributed by atoms with Crippen molar-refractivity contribution in [1.82, 2.24) is 10.0 Å². The van der Waals surface area contributed by atoms with Crippen molar-refractivity contribution in [2.24, 2.45) is 0 Å². The summed E-state index contributed by atoms with van der Waals surface area (Å²) >= 11 is 0. The molecule has 3 saturated heterocycles. The van der Waals surface area contributed by atoms with Gasteiger partial charge >= 0.3 is 0 Å². The fraction of sp³-hybridized carbons (Fsp3) is 1.00. The maximum Gasteiger partial charge on any atom is 0.0745 e. The fourth-order valence-corrected chi connectivity index (χ4v) is 3.22. The van der Waals surface area contributed by atoms with Gasteiger partial charge in [0.25, 0.3) is 0 Å². The molecule has 3 fully saturated rings. The maximum absolute atomic E-state index is 5.86. The third-order valence-corrected chi connectivity index (χ3v) is 4.01. The van der Waals surface area contributed by atoms with Gasteiger partial charge in [-0.1, -0.05) is 0 Å². The summed E-state index contributed by atoms with van der Waals surface area (Å²) in [6.07, 6.45) is 5.62. The van der Waals surface area contributed by atoms with Crippen LogP contribution in [0.15, 0.2) is 0 Å². The molecule has 3 aliphatic heterocycles. The van der Waals surface area contributed by atoms with Gasteiger partial charge in [-0.05, 0) is 25.7 Å². The Kier molecular flexibility index (Phi) is 3.43. The number of hydrogen-bond acceptors (Lipinski definition) is 4. The number of ether oxygens (including phenoxy) is 2. The Hall–Kier alpha value is -0.160. The molecule has 3 rings (SSSR count). The van der Waals surface area contributed by atoms with Crippen LogP contribution in [0.1, 0.15) is 25.7 Å². The number of nitrogens with zero attached hydrogens (tertiary/aromatic N) is 2. The fourth-order valence-electron chi connectivity index (χ4n) is 3.22. The van der Waals surface area contributed by atoms with Crippen LogP contribution in [0.4, 0.5) is 0 Å². The lowest BCUT2D eigenvalue weighted by molar-refractivity contribution is -0.119. The molecule has 0 aromatic heterocycles. The van der Waals surface area contributed by atoms with Crippen LogP contribution in [0, 0.1) is 0 Å². The second-order valence-corrected chi connectivity index (χ2v) is 4.99. The average molecular weight is 226 g/mol. The summed E-state index contributed by atoms with van der Waals surface area (Å²) in [7, 11) is 0. The van der Waals surface area contributed by atoms with Gasteiger partial charge in [0.2, 0.25) is 0 Å². The van der Waals surface area contributed by atoms with E-state index in [9.17, 15) is 0 Å². The first kappa shape index (κ1) is 11.0. The van der Waals surface area contributed by atoms with E-state index in [1.807, 2.05) is 0 Å². The monoisotopic (exact) mass is 226 g/mol. The molecule has 0 aromatic carbocycles. The third-order valence-electron chi connectivity index (χ3n) is 4.01. The molecule has 3 heterocycles. The van der Waals surface area contributed by atoms with Gasteiger partial charge in [0, 0.05) is 26.2 Å². The van der Waals surface area contributed by atoms with E-state index >= 15 is 0 Å². The van der Waals surface area contributed by atoms with E-state index in [0.29, 0.717) is 12.1 Å². The van der Waals surface area contributed by atoms with Crippen molar-refractivity contribution in [3.05, 3.63) is 0 Å². The SMILES string of the molecule is C1COC(C2CCCN2N2CCOCC2)C1. The van der Waals surface area contributed by atoms with Crippen LogP contribution < -0.4 is 0 Å². The van der Waals surface area contributed by atoms with Crippen LogP contribution >= 0.6 is 0 Å². The van der Waals surface area contributed by atoms with Crippen molar-refractivity contribution in [3.63, 3.8) is 0 Å². The quantitative estimate of drug-likeness (QED) is 0.698. The predicted octanol–water partition coefficient (Wildman–Crippen LogP) is 0.877. The van der Waals surface area contributed by atoms with Crippen molar-refractivity contribution in [2.75, 3.05) is 39.5 Å². The Morgan fingerprint density at radius 2 is 1.75 bits per heavy atom. The zero-order valence-corrected chi connectivity index (χ0v) is 9.94. The smallest absolute Gasteiger partial charge is 0.0745 e. The second kappa shape index (κ2) is 5.00. The van der Waals surface area contributed by atoms with E-state index in [2.05, 4.69) is 10.0 Å². The molecule has 0 amide bonds. The second-order valence-electron chi connectivity index (χ2n) is 4.99. The Morgan fingerprint density at radius 1 is 0.875 bits per heavy atom. The average Bonchev–Trinajstić information content (AvgIpc) is 3.01. The van der Waals surface area contributed by atoms with E-state index < -0.39 is 0 Å². The lowest BCUT2D eigenvalue weighted by atomic mass is 10.1. The normalized spacial score (nSPS) is 38.2. The molecule has 0 radical (unpaired) electrons. The van der Waals surface area contributed by atoms with Crippen LogP contribution in [-0.2, 0) is 9.47 Å². The summed E-state index contributed by atoms with van der Waals surface area (Å²) in [6.45, 7) is 6.07. The van der Waals surface area contributed by atoms with Crippen LogP contribution in [0.5, 0.6) is 0 Å². The van der Waals surface area contributed by atoms with Crippen LogP contribution in [0.25, 0.3) is 0 Å². The van der Waals surface area contributed by atoms with Gasteiger partial charge < -0.3 is 9.47 Å². The molecule has 4 nitrogen and oxygen atoms in total. The minimum Gasteiger partial charge on any atom is -0.379 e. The molecule has 16 heavy (non-hydrogen) atoms. The number of morpholine rings is 1. The van der Waals surface area contributed by atoms with Crippen molar-refractivity contribution >= 4 is 0 Å². The van der Waals surface area contributed by atoms with Crippen molar-refractivity contribution < 1.29 is 9.47 Å². The minimum atomic E-state index is 0.491. The molecule has 0 bridgehead atoms. The minimum absolute atomic E-state index is 0.491. The lowest BCUT2D eigenvalue weighted by Crippen LogP contribution is -2.53. The molecule has 0 spiro atoms. The standard InChI is InChI=1S/C12H22N2O2/c1-3-11(12-4-2-8-16-12)14(5-1)13-6-9-15-10-7-13/h11-12H,1-10H2. The lowest BCUT2D eigenvalue weighted by Gasteiger charge is -2.40. The molecule has 2 atom stereocenters. The first-order valence-corrected chi connectivity index (χ1v) is 6.66. The van der Waals surface area contributed by atoms with E-state index in [-0.39, 0.29) is 0 Å². The summed E-state index contributed by atoms with van der Waals surface area (Å²) in [5.74, 6) is 0. The first-order chi connectivity index (χ1) is 7.95. The molecular weight excluding hydrogens is 204 g/mol. The summed E-state index contributed by atoms with van der Waals surface area (Å²) in [5, 5.41) is 5.06. The molecule has 4 heteroatoms. The van der Waals surface area contributed by atoms with E-state index in [4.69, 9.17) is 9.47 Å². The number of hydrogen-bond donors (Lipinski definition) is 0. The Bertz CT molecular complexity index is 225. The van der Waals surface area contributed by atoms with E-state index in [1.165, 1.54) is 32.2 Å². The third kappa shape index (κ3) is 2.12. The molecule has 3 aliphatic rings. The van der Waals surface area contributed by atoms with Gasteiger partial charge in [-0.2, -0.15) is 0 Å². The van der Waals surface area contributed by atoms with Crippen molar-refractivity contribution in [1.29, 1.82) is 0 Å². The summed E-state index contributed by atoms with van der Waals surface area (Å²) in [4.78, 5) is 0. The van der Waals surface area contributed by atoms with E-state index in [1.54, 1.807) is 0 Å². The molecule has 0 N–H and O–H groups in total. The highest BCUT2D eigenvalue weighted by Crippen LogP contribution is 2.29. The molecule has 0 aromatic rings. The van der Waals surface area contributed by atoms with Crippen LogP contribution in [-0.4, -0.2) is 61.6 Å². The first-order valence-electron chi connectivity index (χ1n) is 6.66. The van der Waals surface area contributed by atoms with Gasteiger partial charge in [0.15, 0.2) is 0 Å². The van der Waals surface area contributed by atoms with Crippen LogP contribution in [0.3, 0.4) is 0 Å². The predicted molar refractivity (Wildman–Crippen MR) is 61.1 cm³/mol. The van der Waals surface area contributed by atoms with Crippen molar-refractivity contribution in [2.45, 2.75) is 37.8 Å². The number of hydrazine groups is 1. The summed E-state index contributed by atoms with van der Waals surface area (Å²) in [6, 6.07) is 0.639.